The van der Waals surface area contributed by atoms with Crippen molar-refractivity contribution in [3.8, 4) is 0 Å². The maximum atomic E-state index is 12.4. The van der Waals surface area contributed by atoms with Gasteiger partial charge >= 0.3 is 0 Å². The average molecular weight is 244 g/mol. The zero-order valence-corrected chi connectivity index (χ0v) is 11.1. The van der Waals surface area contributed by atoms with E-state index in [0.717, 1.165) is 31.6 Å². The van der Waals surface area contributed by atoms with E-state index in [9.17, 15) is 4.79 Å². The summed E-state index contributed by atoms with van der Waals surface area (Å²) >= 11 is 0. The summed E-state index contributed by atoms with van der Waals surface area (Å²) in [7, 11) is 0. The van der Waals surface area contributed by atoms with Crippen LogP contribution in [0.25, 0.3) is 0 Å². The standard InChI is InChI=1S/C15H20N2O/c1-11(2)16-7-8-17-13(10-16)9-12-5-3-4-6-14(12)15(17)18/h3-6,11,13H,7-10H2,1-2H3. The second-order valence-electron chi connectivity index (χ2n) is 5.60. The molecule has 3 rings (SSSR count). The number of carbonyl (C=O) groups excluding carboxylic acids is 1. The van der Waals surface area contributed by atoms with Crippen LogP contribution in [0.5, 0.6) is 0 Å². The Morgan fingerprint density at radius 1 is 1.22 bits per heavy atom. The predicted octanol–water partition coefficient (Wildman–Crippen LogP) is 1.78. The highest BCUT2D eigenvalue weighted by Gasteiger charge is 2.36. The summed E-state index contributed by atoms with van der Waals surface area (Å²) in [6, 6.07) is 8.98. The van der Waals surface area contributed by atoms with Crippen molar-refractivity contribution in [2.45, 2.75) is 32.4 Å². The lowest BCUT2D eigenvalue weighted by atomic mass is 9.91. The number of amides is 1. The van der Waals surface area contributed by atoms with Crippen LogP contribution in [0.1, 0.15) is 29.8 Å². The number of rotatable bonds is 1. The first-order valence-electron chi connectivity index (χ1n) is 6.79. The van der Waals surface area contributed by atoms with Gasteiger partial charge in [-0.2, -0.15) is 0 Å². The molecule has 1 fully saturated rings. The van der Waals surface area contributed by atoms with Gasteiger partial charge in [0.15, 0.2) is 0 Å². The van der Waals surface area contributed by atoms with Gasteiger partial charge in [0.2, 0.25) is 0 Å². The fourth-order valence-electron chi connectivity index (χ4n) is 3.11. The van der Waals surface area contributed by atoms with E-state index in [4.69, 9.17) is 0 Å². The van der Waals surface area contributed by atoms with Gasteiger partial charge < -0.3 is 4.90 Å². The SMILES string of the molecule is CC(C)N1CCN2C(=O)c3ccccc3CC2C1. The lowest BCUT2D eigenvalue weighted by Gasteiger charge is -2.45. The molecule has 2 heterocycles. The number of carbonyl (C=O) groups is 1. The third-order valence-corrected chi connectivity index (χ3v) is 4.21. The van der Waals surface area contributed by atoms with Crippen LogP contribution < -0.4 is 0 Å². The fraction of sp³-hybridized carbons (Fsp3) is 0.533. The summed E-state index contributed by atoms with van der Waals surface area (Å²) in [4.78, 5) is 17.0. The largest absolute Gasteiger partial charge is 0.333 e. The molecule has 1 unspecified atom stereocenters. The van der Waals surface area contributed by atoms with Gasteiger partial charge in [-0.3, -0.25) is 9.69 Å². The van der Waals surface area contributed by atoms with Crippen molar-refractivity contribution in [1.29, 1.82) is 0 Å². The van der Waals surface area contributed by atoms with Crippen molar-refractivity contribution in [3.05, 3.63) is 35.4 Å². The number of benzene rings is 1. The van der Waals surface area contributed by atoms with Crippen molar-refractivity contribution in [3.63, 3.8) is 0 Å². The number of hydrogen-bond acceptors (Lipinski definition) is 2. The third kappa shape index (κ3) is 1.83. The van der Waals surface area contributed by atoms with Crippen LogP contribution in [0, 0.1) is 0 Å². The van der Waals surface area contributed by atoms with Gasteiger partial charge in [0, 0.05) is 37.3 Å². The number of hydrogen-bond donors (Lipinski definition) is 0. The fourth-order valence-corrected chi connectivity index (χ4v) is 3.11. The molecular weight excluding hydrogens is 224 g/mol. The molecule has 0 aliphatic carbocycles. The number of fused-ring (bicyclic) bond motifs is 2. The zero-order valence-electron chi connectivity index (χ0n) is 11.1. The Morgan fingerprint density at radius 2 is 2.00 bits per heavy atom. The molecule has 3 heteroatoms. The van der Waals surface area contributed by atoms with E-state index in [1.165, 1.54) is 5.56 Å². The zero-order chi connectivity index (χ0) is 12.7. The van der Waals surface area contributed by atoms with Crippen LogP contribution in [0.2, 0.25) is 0 Å². The summed E-state index contributed by atoms with van der Waals surface area (Å²) in [6.07, 6.45) is 1.01. The van der Waals surface area contributed by atoms with Gasteiger partial charge in [-0.25, -0.2) is 0 Å². The summed E-state index contributed by atoms with van der Waals surface area (Å²) in [5, 5.41) is 0. The monoisotopic (exact) mass is 244 g/mol. The smallest absolute Gasteiger partial charge is 0.254 e. The van der Waals surface area contributed by atoms with E-state index in [0.29, 0.717) is 12.1 Å². The molecule has 2 aliphatic heterocycles. The molecule has 96 valence electrons. The Hall–Kier alpha value is -1.35. The third-order valence-electron chi connectivity index (χ3n) is 4.21. The van der Waals surface area contributed by atoms with E-state index < -0.39 is 0 Å². The Kier molecular flexibility index (Phi) is 2.86. The molecule has 0 spiro atoms. The molecule has 1 atom stereocenters. The highest BCUT2D eigenvalue weighted by Crippen LogP contribution is 2.26. The maximum absolute atomic E-state index is 12.4. The molecule has 0 aromatic heterocycles. The van der Waals surface area contributed by atoms with E-state index in [2.05, 4.69) is 29.7 Å². The first-order chi connectivity index (χ1) is 8.66. The van der Waals surface area contributed by atoms with Crippen LogP contribution in [0.4, 0.5) is 0 Å². The van der Waals surface area contributed by atoms with Crippen LogP contribution in [-0.2, 0) is 6.42 Å². The highest BCUT2D eigenvalue weighted by molar-refractivity contribution is 5.97. The first kappa shape index (κ1) is 11.7. The summed E-state index contributed by atoms with van der Waals surface area (Å²) < 4.78 is 0. The Bertz CT molecular complexity index is 469. The lowest BCUT2D eigenvalue weighted by molar-refractivity contribution is 0.0349. The minimum absolute atomic E-state index is 0.227. The van der Waals surface area contributed by atoms with Gasteiger partial charge in [-0.1, -0.05) is 18.2 Å². The molecule has 1 amide bonds. The van der Waals surface area contributed by atoms with Gasteiger partial charge in [-0.05, 0) is 31.9 Å². The molecule has 1 aromatic carbocycles. The van der Waals surface area contributed by atoms with E-state index in [1.807, 2.05) is 18.2 Å². The second kappa shape index (κ2) is 4.39. The van der Waals surface area contributed by atoms with Crippen molar-refractivity contribution in [1.82, 2.24) is 9.80 Å². The molecule has 2 aliphatic rings. The van der Waals surface area contributed by atoms with Crippen LogP contribution in [-0.4, -0.2) is 47.4 Å². The van der Waals surface area contributed by atoms with Crippen molar-refractivity contribution in [2.75, 3.05) is 19.6 Å². The van der Waals surface area contributed by atoms with E-state index in [-0.39, 0.29) is 5.91 Å². The highest BCUT2D eigenvalue weighted by atomic mass is 16.2. The van der Waals surface area contributed by atoms with Crippen molar-refractivity contribution < 1.29 is 4.79 Å². The number of nitrogens with zero attached hydrogens (tertiary/aromatic N) is 2. The minimum atomic E-state index is 0.227. The van der Waals surface area contributed by atoms with Gasteiger partial charge in [0.25, 0.3) is 5.91 Å². The molecule has 1 aromatic rings. The molecular formula is C15H20N2O. The number of piperazine rings is 1. The van der Waals surface area contributed by atoms with Gasteiger partial charge in [0.1, 0.15) is 0 Å². The molecule has 0 N–H and O–H groups in total. The first-order valence-corrected chi connectivity index (χ1v) is 6.79. The summed E-state index contributed by atoms with van der Waals surface area (Å²) in [6.45, 7) is 7.35. The van der Waals surface area contributed by atoms with Crippen molar-refractivity contribution >= 4 is 5.91 Å². The molecule has 0 saturated carbocycles. The minimum Gasteiger partial charge on any atom is -0.333 e. The maximum Gasteiger partial charge on any atom is 0.254 e. The van der Waals surface area contributed by atoms with Crippen LogP contribution >= 0.6 is 0 Å². The van der Waals surface area contributed by atoms with Crippen LogP contribution in [0.3, 0.4) is 0 Å². The molecule has 1 saturated heterocycles. The molecule has 0 bridgehead atoms. The average Bonchev–Trinajstić information content (AvgIpc) is 2.38. The molecule has 18 heavy (non-hydrogen) atoms. The lowest BCUT2D eigenvalue weighted by Crippen LogP contribution is -2.59. The Morgan fingerprint density at radius 3 is 2.78 bits per heavy atom. The summed E-state index contributed by atoms with van der Waals surface area (Å²) in [5.41, 5.74) is 2.13. The Labute approximate surface area is 108 Å². The van der Waals surface area contributed by atoms with Crippen molar-refractivity contribution in [2.24, 2.45) is 0 Å². The van der Waals surface area contributed by atoms with E-state index in [1.54, 1.807) is 0 Å². The second-order valence-corrected chi connectivity index (χ2v) is 5.60. The normalized spacial score (nSPS) is 24.1. The summed E-state index contributed by atoms with van der Waals surface area (Å²) in [5.74, 6) is 0.227. The topological polar surface area (TPSA) is 23.6 Å². The quantitative estimate of drug-likeness (QED) is 0.752. The molecule has 3 nitrogen and oxygen atoms in total. The van der Waals surface area contributed by atoms with Crippen LogP contribution in [0.15, 0.2) is 24.3 Å². The Balaban J connectivity index is 1.88. The van der Waals surface area contributed by atoms with Gasteiger partial charge in [-0.15, -0.1) is 0 Å². The molecule has 0 radical (unpaired) electrons. The van der Waals surface area contributed by atoms with Gasteiger partial charge in [0.05, 0.1) is 0 Å². The van der Waals surface area contributed by atoms with E-state index >= 15 is 0 Å². The predicted molar refractivity (Wildman–Crippen MR) is 71.7 cm³/mol.